The summed E-state index contributed by atoms with van der Waals surface area (Å²) in [5.41, 5.74) is 4.76. The molecule has 0 atom stereocenters. The number of nitrogens with two attached hydrogens (primary N) is 1. The molecule has 0 saturated heterocycles. The third-order valence-corrected chi connectivity index (χ3v) is 3.16. The van der Waals surface area contributed by atoms with Gasteiger partial charge in [-0.3, -0.25) is 4.79 Å². The minimum absolute atomic E-state index is 0.546. The van der Waals surface area contributed by atoms with Gasteiger partial charge in [-0.05, 0) is 36.9 Å². The molecule has 0 rings (SSSR count). The fraction of sp³-hybridized carbons (Fsp3) is 0.875. The zero-order valence-electron chi connectivity index (χ0n) is 8.08. The van der Waals surface area contributed by atoms with Gasteiger partial charge >= 0.3 is 5.97 Å². The van der Waals surface area contributed by atoms with Crippen LogP contribution in [0, 0.1) is 0 Å². The summed E-state index contributed by atoms with van der Waals surface area (Å²) in [6.45, 7) is 0. The Morgan fingerprint density at radius 1 is 1.31 bits per heavy atom. The molecule has 0 aromatic carbocycles. The molecule has 0 radical (unpaired) electrons. The number of carbonyl (C=O) groups is 1. The molecule has 13 heavy (non-hydrogen) atoms. The normalized spacial score (nSPS) is 11.6. The molecule has 0 amide bonds. The third-order valence-electron chi connectivity index (χ3n) is 1.93. The van der Waals surface area contributed by atoms with Gasteiger partial charge in [0.25, 0.3) is 0 Å². The Balaban J connectivity index is 4.08. The van der Waals surface area contributed by atoms with E-state index in [-0.39, 0.29) is 0 Å². The first kappa shape index (κ1) is 13.1. The van der Waals surface area contributed by atoms with Crippen LogP contribution in [0.4, 0.5) is 0 Å². The summed E-state index contributed by atoms with van der Waals surface area (Å²) in [4.78, 5) is 10.9. The molecule has 3 N–H and O–H groups in total. The second-order valence-corrected chi connectivity index (χ2v) is 4.92. The molecule has 0 unspecified atom stereocenters. The summed E-state index contributed by atoms with van der Waals surface area (Å²) in [6.07, 6.45) is 5.00. The molecule has 0 saturated carbocycles. The van der Waals surface area contributed by atoms with Crippen LogP contribution in [-0.4, -0.2) is 40.6 Å². The van der Waals surface area contributed by atoms with Gasteiger partial charge in [0, 0.05) is 0 Å². The smallest absolute Gasteiger partial charge is 0.323 e. The molecule has 78 valence electrons. The van der Waals surface area contributed by atoms with Crippen LogP contribution in [0.3, 0.4) is 0 Å². The SMILES string of the molecule is CSCCC(N)(CCSC)C(=O)O. The van der Waals surface area contributed by atoms with Crippen LogP contribution in [-0.2, 0) is 4.79 Å². The summed E-state index contributed by atoms with van der Waals surface area (Å²) in [5, 5.41) is 8.94. The monoisotopic (exact) mass is 223 g/mol. The number of hydrogen-bond acceptors (Lipinski definition) is 4. The van der Waals surface area contributed by atoms with Crippen molar-refractivity contribution in [3.8, 4) is 0 Å². The van der Waals surface area contributed by atoms with Gasteiger partial charge in [-0.2, -0.15) is 23.5 Å². The van der Waals surface area contributed by atoms with Crippen molar-refractivity contribution in [1.29, 1.82) is 0 Å². The van der Waals surface area contributed by atoms with Crippen LogP contribution in [0.25, 0.3) is 0 Å². The Kier molecular flexibility index (Phi) is 6.63. The van der Waals surface area contributed by atoms with Gasteiger partial charge in [0.15, 0.2) is 0 Å². The van der Waals surface area contributed by atoms with E-state index in [1.54, 1.807) is 23.5 Å². The van der Waals surface area contributed by atoms with Gasteiger partial charge in [0.2, 0.25) is 0 Å². The van der Waals surface area contributed by atoms with E-state index in [9.17, 15) is 4.79 Å². The lowest BCUT2D eigenvalue weighted by Crippen LogP contribution is -2.48. The van der Waals surface area contributed by atoms with Gasteiger partial charge in [-0.15, -0.1) is 0 Å². The topological polar surface area (TPSA) is 63.3 Å². The zero-order chi connectivity index (χ0) is 10.3. The molecule has 0 aromatic heterocycles. The van der Waals surface area contributed by atoms with E-state index in [1.807, 2.05) is 12.5 Å². The highest BCUT2D eigenvalue weighted by Gasteiger charge is 2.32. The predicted octanol–water partition coefficient (Wildman–Crippen LogP) is 1.27. The molecule has 0 aromatic rings. The van der Waals surface area contributed by atoms with Crippen LogP contribution >= 0.6 is 23.5 Å². The van der Waals surface area contributed by atoms with Crippen LogP contribution in [0.15, 0.2) is 0 Å². The second kappa shape index (κ2) is 6.56. The predicted molar refractivity (Wildman–Crippen MR) is 60.6 cm³/mol. The van der Waals surface area contributed by atoms with E-state index in [2.05, 4.69) is 0 Å². The van der Waals surface area contributed by atoms with E-state index in [1.165, 1.54) is 0 Å². The van der Waals surface area contributed by atoms with Crippen molar-refractivity contribution < 1.29 is 9.90 Å². The lowest BCUT2D eigenvalue weighted by Gasteiger charge is -2.23. The summed E-state index contributed by atoms with van der Waals surface area (Å²) < 4.78 is 0. The summed E-state index contributed by atoms with van der Waals surface area (Å²) in [7, 11) is 0. The van der Waals surface area contributed by atoms with Crippen LogP contribution < -0.4 is 5.73 Å². The van der Waals surface area contributed by atoms with Gasteiger partial charge in [-0.1, -0.05) is 0 Å². The molecule has 0 aliphatic carbocycles. The van der Waals surface area contributed by atoms with Gasteiger partial charge in [0.1, 0.15) is 5.54 Å². The maximum Gasteiger partial charge on any atom is 0.323 e. The summed E-state index contributed by atoms with van der Waals surface area (Å²) in [5.74, 6) is 0.726. The van der Waals surface area contributed by atoms with Crippen LogP contribution in [0.2, 0.25) is 0 Å². The Bertz CT molecular complexity index is 156. The highest BCUT2D eigenvalue weighted by molar-refractivity contribution is 7.98. The van der Waals surface area contributed by atoms with E-state index in [0.717, 1.165) is 11.5 Å². The van der Waals surface area contributed by atoms with Crippen molar-refractivity contribution in [2.75, 3.05) is 24.0 Å². The highest BCUT2D eigenvalue weighted by atomic mass is 32.2. The first-order valence-electron chi connectivity index (χ1n) is 4.07. The van der Waals surface area contributed by atoms with Crippen molar-refractivity contribution in [3.63, 3.8) is 0 Å². The molecule has 3 nitrogen and oxygen atoms in total. The quantitative estimate of drug-likeness (QED) is 0.680. The molecular formula is C8H17NO2S2. The maximum absolute atomic E-state index is 10.9. The molecule has 0 bridgehead atoms. The number of carboxylic acid groups (broad SMARTS) is 1. The van der Waals surface area contributed by atoms with Crippen molar-refractivity contribution in [2.45, 2.75) is 18.4 Å². The van der Waals surface area contributed by atoms with E-state index in [4.69, 9.17) is 10.8 Å². The number of hydrogen-bond donors (Lipinski definition) is 2. The summed E-state index contributed by atoms with van der Waals surface area (Å²) >= 11 is 3.26. The Hall–Kier alpha value is 0.130. The first-order chi connectivity index (χ1) is 6.06. The minimum Gasteiger partial charge on any atom is -0.480 e. The maximum atomic E-state index is 10.9. The largest absolute Gasteiger partial charge is 0.480 e. The Labute approximate surface area is 87.8 Å². The van der Waals surface area contributed by atoms with Crippen molar-refractivity contribution in [1.82, 2.24) is 0 Å². The number of aliphatic carboxylic acids is 1. The highest BCUT2D eigenvalue weighted by Crippen LogP contribution is 2.17. The second-order valence-electron chi connectivity index (χ2n) is 2.95. The fourth-order valence-corrected chi connectivity index (χ4v) is 2.04. The Morgan fingerprint density at radius 3 is 1.92 bits per heavy atom. The average Bonchev–Trinajstić information content (AvgIpc) is 2.11. The van der Waals surface area contributed by atoms with Gasteiger partial charge < -0.3 is 10.8 Å². The minimum atomic E-state index is -1.02. The van der Waals surface area contributed by atoms with Crippen LogP contribution in [0.5, 0.6) is 0 Å². The molecule has 0 heterocycles. The standard InChI is InChI=1S/C8H17NO2S2/c1-12-5-3-8(9,7(10)11)4-6-13-2/h3-6,9H2,1-2H3,(H,10,11). The zero-order valence-corrected chi connectivity index (χ0v) is 9.71. The molecule has 5 heteroatoms. The lowest BCUT2D eigenvalue weighted by molar-refractivity contribution is -0.143. The van der Waals surface area contributed by atoms with Crippen molar-refractivity contribution in [2.24, 2.45) is 5.73 Å². The average molecular weight is 223 g/mol. The molecule has 0 aliphatic rings. The van der Waals surface area contributed by atoms with E-state index in [0.29, 0.717) is 12.8 Å². The fourth-order valence-electron chi connectivity index (χ4n) is 0.907. The first-order valence-corrected chi connectivity index (χ1v) is 6.86. The number of thioether (sulfide) groups is 2. The van der Waals surface area contributed by atoms with E-state index < -0.39 is 11.5 Å². The van der Waals surface area contributed by atoms with Crippen molar-refractivity contribution >= 4 is 29.5 Å². The van der Waals surface area contributed by atoms with Crippen molar-refractivity contribution in [3.05, 3.63) is 0 Å². The molecular weight excluding hydrogens is 206 g/mol. The van der Waals surface area contributed by atoms with Gasteiger partial charge in [-0.25, -0.2) is 0 Å². The molecule has 0 aliphatic heterocycles. The number of carboxylic acids is 1. The third kappa shape index (κ3) is 4.78. The Morgan fingerprint density at radius 2 is 1.69 bits per heavy atom. The summed E-state index contributed by atoms with van der Waals surface area (Å²) in [6, 6.07) is 0. The molecule has 0 spiro atoms. The number of rotatable bonds is 7. The van der Waals surface area contributed by atoms with Crippen LogP contribution in [0.1, 0.15) is 12.8 Å². The lowest BCUT2D eigenvalue weighted by atomic mass is 9.94. The van der Waals surface area contributed by atoms with E-state index >= 15 is 0 Å². The van der Waals surface area contributed by atoms with Gasteiger partial charge in [0.05, 0.1) is 0 Å². The molecule has 0 fully saturated rings.